The quantitative estimate of drug-likeness (QED) is 0.598. The average molecular weight is 406 g/mol. The minimum atomic E-state index is -3.56. The van der Waals surface area contributed by atoms with Gasteiger partial charge in [0, 0.05) is 12.6 Å². The average Bonchev–Trinajstić information content (AvgIpc) is 2.66. The molecule has 0 aliphatic heterocycles. The van der Waals surface area contributed by atoms with Gasteiger partial charge in [0.25, 0.3) is 0 Å². The van der Waals surface area contributed by atoms with Crippen molar-refractivity contribution in [3.8, 4) is 11.5 Å². The maximum Gasteiger partial charge on any atom is 0.306 e. The molecule has 0 aromatic heterocycles. The Kier molecular flexibility index (Phi) is 7.45. The third kappa shape index (κ3) is 6.56. The standard InChI is InChI=1S/C21H27NO5S/c1-5-16(2)22(21(23)14-17-6-10-19(26-3)11-7-17)15-18-8-12-20(13-9-18)27-28(4,24)25/h6-13,16H,5,14-15H2,1-4H3. The molecule has 0 saturated heterocycles. The second-order valence-electron chi connectivity index (χ2n) is 6.74. The van der Waals surface area contributed by atoms with Gasteiger partial charge in [0.15, 0.2) is 0 Å². The molecule has 6 nitrogen and oxygen atoms in total. The number of methoxy groups -OCH3 is 1. The van der Waals surface area contributed by atoms with Crippen molar-refractivity contribution in [2.24, 2.45) is 0 Å². The van der Waals surface area contributed by atoms with E-state index in [1.165, 1.54) is 0 Å². The Bertz CT molecular complexity index is 876. The summed E-state index contributed by atoms with van der Waals surface area (Å²) in [5, 5.41) is 0. The number of benzene rings is 2. The highest BCUT2D eigenvalue weighted by atomic mass is 32.2. The monoisotopic (exact) mass is 405 g/mol. The van der Waals surface area contributed by atoms with Crippen molar-refractivity contribution in [2.45, 2.75) is 39.3 Å². The molecule has 1 amide bonds. The maximum atomic E-state index is 12.9. The zero-order valence-corrected chi connectivity index (χ0v) is 17.5. The molecular formula is C21H27NO5S. The van der Waals surface area contributed by atoms with Gasteiger partial charge in [-0.3, -0.25) is 4.79 Å². The summed E-state index contributed by atoms with van der Waals surface area (Å²) in [5.41, 5.74) is 1.83. The van der Waals surface area contributed by atoms with Crippen LogP contribution in [-0.4, -0.2) is 38.6 Å². The van der Waals surface area contributed by atoms with E-state index in [1.54, 1.807) is 31.4 Å². The smallest absolute Gasteiger partial charge is 0.306 e. The summed E-state index contributed by atoms with van der Waals surface area (Å²) in [6.07, 6.45) is 2.15. The van der Waals surface area contributed by atoms with E-state index in [4.69, 9.17) is 8.92 Å². The normalized spacial score (nSPS) is 12.3. The zero-order chi connectivity index (χ0) is 20.7. The van der Waals surface area contributed by atoms with Crippen molar-refractivity contribution in [3.05, 3.63) is 59.7 Å². The number of hydrogen-bond acceptors (Lipinski definition) is 5. The molecule has 0 aliphatic carbocycles. The summed E-state index contributed by atoms with van der Waals surface area (Å²) in [7, 11) is -1.95. The molecule has 0 radical (unpaired) electrons. The van der Waals surface area contributed by atoms with E-state index in [9.17, 15) is 13.2 Å². The summed E-state index contributed by atoms with van der Waals surface area (Å²) in [5.74, 6) is 1.05. The lowest BCUT2D eigenvalue weighted by molar-refractivity contribution is -0.133. The van der Waals surface area contributed by atoms with Crippen LogP contribution in [0.15, 0.2) is 48.5 Å². The van der Waals surface area contributed by atoms with Crippen LogP contribution in [-0.2, 0) is 27.9 Å². The van der Waals surface area contributed by atoms with E-state index in [-0.39, 0.29) is 17.7 Å². The van der Waals surface area contributed by atoms with E-state index in [2.05, 4.69) is 0 Å². The highest BCUT2D eigenvalue weighted by Crippen LogP contribution is 2.19. The first kappa shape index (κ1) is 21.8. The van der Waals surface area contributed by atoms with Gasteiger partial charge in [-0.2, -0.15) is 8.42 Å². The molecule has 2 aromatic rings. The van der Waals surface area contributed by atoms with Gasteiger partial charge in [0.2, 0.25) is 5.91 Å². The predicted molar refractivity (Wildman–Crippen MR) is 109 cm³/mol. The number of nitrogens with zero attached hydrogens (tertiary/aromatic N) is 1. The van der Waals surface area contributed by atoms with Gasteiger partial charge in [-0.05, 0) is 48.7 Å². The van der Waals surface area contributed by atoms with Crippen LogP contribution < -0.4 is 8.92 Å². The Balaban J connectivity index is 2.10. The van der Waals surface area contributed by atoms with Gasteiger partial charge in [0.1, 0.15) is 11.5 Å². The lowest BCUT2D eigenvalue weighted by Crippen LogP contribution is -2.38. The van der Waals surface area contributed by atoms with Gasteiger partial charge in [-0.15, -0.1) is 0 Å². The van der Waals surface area contributed by atoms with Crippen molar-refractivity contribution in [1.82, 2.24) is 4.90 Å². The molecule has 0 spiro atoms. The fourth-order valence-corrected chi connectivity index (χ4v) is 3.21. The van der Waals surface area contributed by atoms with Gasteiger partial charge in [0.05, 0.1) is 19.8 Å². The van der Waals surface area contributed by atoms with Crippen LogP contribution in [0.2, 0.25) is 0 Å². The van der Waals surface area contributed by atoms with Crippen LogP contribution in [0, 0.1) is 0 Å². The number of rotatable bonds is 9. The number of ether oxygens (including phenoxy) is 1. The molecular weight excluding hydrogens is 378 g/mol. The predicted octanol–water partition coefficient (Wildman–Crippen LogP) is 3.40. The number of carbonyl (C=O) groups excluding carboxylic acids is 1. The molecule has 0 bridgehead atoms. The number of amides is 1. The van der Waals surface area contributed by atoms with Crippen LogP contribution in [0.3, 0.4) is 0 Å². The van der Waals surface area contributed by atoms with Crippen molar-refractivity contribution in [2.75, 3.05) is 13.4 Å². The minimum Gasteiger partial charge on any atom is -0.497 e. The molecule has 7 heteroatoms. The Morgan fingerprint density at radius 1 is 1.00 bits per heavy atom. The summed E-state index contributed by atoms with van der Waals surface area (Å²) >= 11 is 0. The van der Waals surface area contributed by atoms with Gasteiger partial charge in [-0.1, -0.05) is 31.2 Å². The Hall–Kier alpha value is -2.54. The van der Waals surface area contributed by atoms with Crippen molar-refractivity contribution < 1.29 is 22.1 Å². The lowest BCUT2D eigenvalue weighted by atomic mass is 10.1. The molecule has 28 heavy (non-hydrogen) atoms. The van der Waals surface area contributed by atoms with Crippen LogP contribution in [0.5, 0.6) is 11.5 Å². The molecule has 2 aromatic carbocycles. The zero-order valence-electron chi connectivity index (χ0n) is 16.7. The third-order valence-electron chi connectivity index (χ3n) is 4.48. The van der Waals surface area contributed by atoms with E-state index in [0.29, 0.717) is 13.0 Å². The maximum absolute atomic E-state index is 12.9. The summed E-state index contributed by atoms with van der Waals surface area (Å²) in [6.45, 7) is 4.51. The Labute approximate surface area is 167 Å². The highest BCUT2D eigenvalue weighted by Gasteiger charge is 2.19. The van der Waals surface area contributed by atoms with E-state index >= 15 is 0 Å². The molecule has 0 fully saturated rings. The second kappa shape index (κ2) is 9.59. The van der Waals surface area contributed by atoms with Crippen LogP contribution in [0.1, 0.15) is 31.4 Å². The van der Waals surface area contributed by atoms with Crippen molar-refractivity contribution >= 4 is 16.0 Å². The van der Waals surface area contributed by atoms with Gasteiger partial charge >= 0.3 is 10.1 Å². The number of hydrogen-bond donors (Lipinski definition) is 0. The molecule has 2 rings (SSSR count). The molecule has 0 N–H and O–H groups in total. The highest BCUT2D eigenvalue weighted by molar-refractivity contribution is 7.86. The summed E-state index contributed by atoms with van der Waals surface area (Å²) in [6, 6.07) is 14.3. The fourth-order valence-electron chi connectivity index (χ4n) is 2.75. The number of carbonyl (C=O) groups is 1. The molecule has 0 saturated carbocycles. The first-order valence-corrected chi connectivity index (χ1v) is 10.9. The topological polar surface area (TPSA) is 72.9 Å². The van der Waals surface area contributed by atoms with Crippen molar-refractivity contribution in [1.29, 1.82) is 0 Å². The first-order valence-electron chi connectivity index (χ1n) is 9.12. The van der Waals surface area contributed by atoms with Crippen LogP contribution >= 0.6 is 0 Å². The van der Waals surface area contributed by atoms with E-state index in [1.807, 2.05) is 43.0 Å². The lowest BCUT2D eigenvalue weighted by Gasteiger charge is -2.29. The van der Waals surface area contributed by atoms with Gasteiger partial charge < -0.3 is 13.8 Å². The van der Waals surface area contributed by atoms with Crippen LogP contribution in [0.4, 0.5) is 0 Å². The second-order valence-corrected chi connectivity index (χ2v) is 8.31. The summed E-state index contributed by atoms with van der Waals surface area (Å²) in [4.78, 5) is 14.8. The molecule has 1 atom stereocenters. The largest absolute Gasteiger partial charge is 0.497 e. The first-order chi connectivity index (χ1) is 13.2. The summed E-state index contributed by atoms with van der Waals surface area (Å²) < 4.78 is 32.4. The molecule has 152 valence electrons. The van der Waals surface area contributed by atoms with E-state index < -0.39 is 10.1 Å². The Morgan fingerprint density at radius 2 is 1.54 bits per heavy atom. The minimum absolute atomic E-state index is 0.0379. The van der Waals surface area contributed by atoms with E-state index in [0.717, 1.165) is 29.6 Å². The fraction of sp³-hybridized carbons (Fsp3) is 0.381. The molecule has 0 aliphatic rings. The molecule has 0 heterocycles. The third-order valence-corrected chi connectivity index (χ3v) is 4.98. The van der Waals surface area contributed by atoms with Crippen LogP contribution in [0.25, 0.3) is 0 Å². The SMILES string of the molecule is CCC(C)N(Cc1ccc(OS(C)(=O)=O)cc1)C(=O)Cc1ccc(OC)cc1. The van der Waals surface area contributed by atoms with Gasteiger partial charge in [-0.25, -0.2) is 0 Å². The Morgan fingerprint density at radius 3 is 2.04 bits per heavy atom. The van der Waals surface area contributed by atoms with Crippen molar-refractivity contribution in [3.63, 3.8) is 0 Å². The molecule has 1 unspecified atom stereocenters.